The molecule has 10 nitrogen and oxygen atoms in total. The number of hydrogen-bond donors (Lipinski definition) is 4. The fourth-order valence-corrected chi connectivity index (χ4v) is 3.55. The van der Waals surface area contributed by atoms with Gasteiger partial charge in [-0.25, -0.2) is 13.8 Å². The number of anilines is 1. The number of morpholine rings is 1. The Hall–Kier alpha value is -3.87. The fourth-order valence-electron chi connectivity index (χ4n) is 3.32. The number of carbonyl (C=O) groups is 3. The van der Waals surface area contributed by atoms with Crippen molar-refractivity contribution >= 4 is 35.1 Å². The average Bonchev–Trinajstić information content (AvgIpc) is 3.34. The van der Waals surface area contributed by atoms with Crippen molar-refractivity contribution in [3.05, 3.63) is 81.5 Å². The monoisotopic (exact) mass is 518 g/mol. The number of hydrazine groups is 1. The lowest BCUT2D eigenvalue weighted by molar-refractivity contribution is 0.0126. The summed E-state index contributed by atoms with van der Waals surface area (Å²) >= 11 is 5.80. The smallest absolute Gasteiger partial charge is 0.269 e. The third-order valence-corrected chi connectivity index (χ3v) is 5.57. The Morgan fingerprint density at radius 3 is 2.42 bits per heavy atom. The van der Waals surface area contributed by atoms with E-state index in [1.54, 1.807) is 29.3 Å². The SMILES string of the molecule is O=C(NN1CCOCC1)c1ccc(CNC(=O)c2cc(NC(=O)c3cc(F)c(F)cc3Cl)n[nH]2)cc1. The minimum absolute atomic E-state index is 0.0124. The molecule has 1 aromatic heterocycles. The highest BCUT2D eigenvalue weighted by Gasteiger charge is 2.18. The lowest BCUT2D eigenvalue weighted by atomic mass is 10.1. The number of carbonyl (C=O) groups excluding carboxylic acids is 3. The van der Waals surface area contributed by atoms with Crippen LogP contribution >= 0.6 is 11.6 Å². The summed E-state index contributed by atoms with van der Waals surface area (Å²) in [4.78, 5) is 37.1. The number of ether oxygens (including phenoxy) is 1. The van der Waals surface area contributed by atoms with E-state index in [-0.39, 0.29) is 34.5 Å². The number of nitrogens with zero attached hydrogens (tertiary/aromatic N) is 2. The fraction of sp³-hybridized carbons (Fsp3) is 0.217. The first-order chi connectivity index (χ1) is 17.3. The lowest BCUT2D eigenvalue weighted by Crippen LogP contribution is -2.48. The van der Waals surface area contributed by atoms with Gasteiger partial charge in [-0.3, -0.25) is 24.9 Å². The number of benzene rings is 2. The van der Waals surface area contributed by atoms with E-state index in [9.17, 15) is 23.2 Å². The van der Waals surface area contributed by atoms with Gasteiger partial charge in [0.25, 0.3) is 17.7 Å². The molecular weight excluding hydrogens is 498 g/mol. The normalized spacial score (nSPS) is 13.8. The van der Waals surface area contributed by atoms with Crippen molar-refractivity contribution in [2.45, 2.75) is 6.54 Å². The molecular formula is C23H21ClF2N6O4. The van der Waals surface area contributed by atoms with E-state index in [0.29, 0.717) is 44.0 Å². The highest BCUT2D eigenvalue weighted by molar-refractivity contribution is 6.34. The van der Waals surface area contributed by atoms with E-state index in [1.165, 1.54) is 6.07 Å². The number of nitrogens with one attached hydrogen (secondary N) is 4. The van der Waals surface area contributed by atoms with Crippen LogP contribution in [0, 0.1) is 11.6 Å². The van der Waals surface area contributed by atoms with Crippen LogP contribution in [0.25, 0.3) is 0 Å². The molecule has 0 unspecified atom stereocenters. The van der Waals surface area contributed by atoms with Gasteiger partial charge in [0.15, 0.2) is 17.5 Å². The number of rotatable bonds is 7. The quantitative estimate of drug-likeness (QED) is 0.356. The second kappa shape index (κ2) is 11.2. The summed E-state index contributed by atoms with van der Waals surface area (Å²) in [6.07, 6.45) is 0. The van der Waals surface area contributed by atoms with Gasteiger partial charge in [0.1, 0.15) is 5.69 Å². The van der Waals surface area contributed by atoms with Crippen LogP contribution < -0.4 is 16.1 Å². The van der Waals surface area contributed by atoms with Crippen LogP contribution in [0.5, 0.6) is 0 Å². The van der Waals surface area contributed by atoms with Gasteiger partial charge in [-0.1, -0.05) is 23.7 Å². The van der Waals surface area contributed by atoms with E-state index in [4.69, 9.17) is 16.3 Å². The number of H-pyrrole nitrogens is 1. The van der Waals surface area contributed by atoms with Crippen molar-refractivity contribution in [3.63, 3.8) is 0 Å². The first-order valence-corrected chi connectivity index (χ1v) is 11.2. The van der Waals surface area contributed by atoms with Gasteiger partial charge in [0, 0.05) is 31.3 Å². The molecule has 2 aromatic carbocycles. The molecule has 0 saturated carbocycles. The molecule has 4 rings (SSSR count). The van der Waals surface area contributed by atoms with Gasteiger partial charge in [-0.2, -0.15) is 5.10 Å². The Balaban J connectivity index is 1.29. The molecule has 2 heterocycles. The summed E-state index contributed by atoms with van der Waals surface area (Å²) < 4.78 is 31.9. The first-order valence-electron chi connectivity index (χ1n) is 10.8. The molecule has 0 aliphatic carbocycles. The Bertz CT molecular complexity index is 1280. The maximum atomic E-state index is 13.4. The Labute approximate surface area is 208 Å². The second-order valence-electron chi connectivity index (χ2n) is 7.79. The number of aromatic nitrogens is 2. The summed E-state index contributed by atoms with van der Waals surface area (Å²) in [7, 11) is 0. The molecule has 0 atom stereocenters. The Kier molecular flexibility index (Phi) is 7.88. The highest BCUT2D eigenvalue weighted by atomic mass is 35.5. The van der Waals surface area contributed by atoms with Crippen molar-refractivity contribution in [1.29, 1.82) is 0 Å². The van der Waals surface area contributed by atoms with Crippen molar-refractivity contribution in [2.24, 2.45) is 0 Å². The summed E-state index contributed by atoms with van der Waals surface area (Å²) in [5.74, 6) is -3.97. The molecule has 3 amide bonds. The van der Waals surface area contributed by atoms with Crippen molar-refractivity contribution in [2.75, 3.05) is 31.6 Å². The van der Waals surface area contributed by atoms with E-state index < -0.39 is 23.4 Å². The van der Waals surface area contributed by atoms with Crippen molar-refractivity contribution in [3.8, 4) is 0 Å². The molecule has 4 N–H and O–H groups in total. The van der Waals surface area contributed by atoms with E-state index in [2.05, 4.69) is 26.3 Å². The maximum absolute atomic E-state index is 13.4. The third kappa shape index (κ3) is 6.22. The molecule has 0 spiro atoms. The maximum Gasteiger partial charge on any atom is 0.269 e. The van der Waals surface area contributed by atoms with Crippen LogP contribution in [-0.2, 0) is 11.3 Å². The molecule has 1 saturated heterocycles. The van der Waals surface area contributed by atoms with Gasteiger partial charge < -0.3 is 15.4 Å². The highest BCUT2D eigenvalue weighted by Crippen LogP contribution is 2.21. The standard InChI is InChI=1S/C23H21ClF2N6O4/c24-16-10-18(26)17(25)9-15(16)22(34)28-20-11-19(29-30-20)23(35)27-12-13-1-3-14(4-2-13)21(33)31-32-5-7-36-8-6-32/h1-4,9-11H,5-8,12H2,(H,27,35)(H,31,33)(H2,28,29,30,34). The summed E-state index contributed by atoms with van der Waals surface area (Å²) in [6, 6.07) is 9.40. The van der Waals surface area contributed by atoms with Crippen molar-refractivity contribution < 1.29 is 27.9 Å². The average molecular weight is 519 g/mol. The number of halogens is 3. The largest absolute Gasteiger partial charge is 0.379 e. The Morgan fingerprint density at radius 2 is 1.69 bits per heavy atom. The van der Waals surface area contributed by atoms with Gasteiger partial charge >= 0.3 is 0 Å². The zero-order valence-electron chi connectivity index (χ0n) is 18.7. The predicted molar refractivity (Wildman–Crippen MR) is 125 cm³/mol. The van der Waals surface area contributed by atoms with Crippen LogP contribution in [0.4, 0.5) is 14.6 Å². The summed E-state index contributed by atoms with van der Waals surface area (Å²) in [5, 5.41) is 12.9. The molecule has 0 bridgehead atoms. The molecule has 188 valence electrons. The topological polar surface area (TPSA) is 128 Å². The van der Waals surface area contributed by atoms with Crippen LogP contribution in [0.15, 0.2) is 42.5 Å². The number of amides is 3. The van der Waals surface area contributed by atoms with Gasteiger partial charge in [-0.15, -0.1) is 0 Å². The first kappa shape index (κ1) is 25.2. The van der Waals surface area contributed by atoms with Gasteiger partial charge in [-0.05, 0) is 29.8 Å². The van der Waals surface area contributed by atoms with Gasteiger partial charge in [0.2, 0.25) is 0 Å². The second-order valence-corrected chi connectivity index (χ2v) is 8.19. The zero-order valence-corrected chi connectivity index (χ0v) is 19.5. The lowest BCUT2D eigenvalue weighted by Gasteiger charge is -2.26. The van der Waals surface area contributed by atoms with Crippen LogP contribution in [0.1, 0.15) is 36.8 Å². The minimum Gasteiger partial charge on any atom is -0.379 e. The van der Waals surface area contributed by atoms with E-state index >= 15 is 0 Å². The summed E-state index contributed by atoms with van der Waals surface area (Å²) in [6.45, 7) is 2.54. The molecule has 36 heavy (non-hydrogen) atoms. The van der Waals surface area contributed by atoms with E-state index in [0.717, 1.165) is 5.56 Å². The summed E-state index contributed by atoms with van der Waals surface area (Å²) in [5.41, 5.74) is 3.83. The van der Waals surface area contributed by atoms with Crippen LogP contribution in [-0.4, -0.2) is 59.2 Å². The van der Waals surface area contributed by atoms with Crippen molar-refractivity contribution in [1.82, 2.24) is 25.9 Å². The van der Waals surface area contributed by atoms with E-state index in [1.807, 2.05) is 0 Å². The Morgan fingerprint density at radius 1 is 1.00 bits per heavy atom. The molecule has 1 fully saturated rings. The molecule has 1 aliphatic rings. The molecule has 1 aliphatic heterocycles. The third-order valence-electron chi connectivity index (χ3n) is 5.26. The van der Waals surface area contributed by atoms with Crippen LogP contribution in [0.2, 0.25) is 5.02 Å². The predicted octanol–water partition coefficient (Wildman–Crippen LogP) is 2.50. The minimum atomic E-state index is -1.22. The molecule has 13 heteroatoms. The molecule has 0 radical (unpaired) electrons. The number of aromatic amines is 1. The zero-order chi connectivity index (χ0) is 25.7. The number of hydrogen-bond acceptors (Lipinski definition) is 6. The van der Waals surface area contributed by atoms with Crippen LogP contribution in [0.3, 0.4) is 0 Å². The molecule has 3 aromatic rings. The van der Waals surface area contributed by atoms with Gasteiger partial charge in [0.05, 0.1) is 23.8 Å².